The Kier molecular flexibility index (Phi) is 7.01. The van der Waals surface area contributed by atoms with E-state index in [0.717, 1.165) is 86.9 Å². The van der Waals surface area contributed by atoms with Crippen molar-refractivity contribution >= 4 is 33.7 Å². The van der Waals surface area contributed by atoms with Crippen LogP contribution in [-0.4, -0.2) is 69.0 Å². The Balaban J connectivity index is 1.32. The number of nitrogens with zero attached hydrogens (tertiary/aromatic N) is 7. The Morgan fingerprint density at radius 3 is 2.68 bits per heavy atom. The van der Waals surface area contributed by atoms with Gasteiger partial charge in [-0.15, -0.1) is 0 Å². The van der Waals surface area contributed by atoms with Crippen LogP contribution >= 0.6 is 11.5 Å². The summed E-state index contributed by atoms with van der Waals surface area (Å²) in [5.74, 6) is 3.02. The Bertz CT molecular complexity index is 1020. The van der Waals surface area contributed by atoms with Gasteiger partial charge < -0.3 is 19.7 Å². The van der Waals surface area contributed by atoms with Crippen molar-refractivity contribution in [2.45, 2.75) is 40.2 Å². The van der Waals surface area contributed by atoms with E-state index in [1.807, 2.05) is 6.07 Å². The van der Waals surface area contributed by atoms with Crippen LogP contribution in [0, 0.1) is 6.92 Å². The SMILES string of the molecule is CCNC(=NCCCn1c(C)nc2ccccc21)N1CCN(c2nc(CC)ns2)CC1. The molecule has 4 rings (SSSR count). The molecule has 3 heterocycles. The number of para-hydroxylation sites is 2. The van der Waals surface area contributed by atoms with Crippen molar-refractivity contribution < 1.29 is 0 Å². The first kappa shape index (κ1) is 21.5. The molecule has 1 aliphatic rings. The monoisotopic (exact) mass is 440 g/mol. The number of benzene rings is 1. The third kappa shape index (κ3) is 4.98. The van der Waals surface area contributed by atoms with Crippen LogP contribution in [0.15, 0.2) is 29.3 Å². The van der Waals surface area contributed by atoms with Crippen molar-refractivity contribution in [3.63, 3.8) is 0 Å². The van der Waals surface area contributed by atoms with Gasteiger partial charge in [-0.3, -0.25) is 4.99 Å². The molecule has 3 aromatic rings. The van der Waals surface area contributed by atoms with Gasteiger partial charge in [0.2, 0.25) is 5.13 Å². The zero-order chi connectivity index (χ0) is 21.6. The summed E-state index contributed by atoms with van der Waals surface area (Å²) < 4.78 is 6.72. The molecule has 1 aliphatic heterocycles. The summed E-state index contributed by atoms with van der Waals surface area (Å²) in [5.41, 5.74) is 2.27. The van der Waals surface area contributed by atoms with E-state index < -0.39 is 0 Å². The van der Waals surface area contributed by atoms with Crippen LogP contribution in [0.25, 0.3) is 11.0 Å². The van der Waals surface area contributed by atoms with Crippen molar-refractivity contribution in [1.29, 1.82) is 0 Å². The fraction of sp³-hybridized carbons (Fsp3) is 0.545. The van der Waals surface area contributed by atoms with Gasteiger partial charge in [-0.2, -0.15) is 4.37 Å². The van der Waals surface area contributed by atoms with Crippen LogP contribution in [0.5, 0.6) is 0 Å². The molecule has 1 saturated heterocycles. The Morgan fingerprint density at radius 2 is 1.94 bits per heavy atom. The van der Waals surface area contributed by atoms with E-state index in [9.17, 15) is 0 Å². The maximum atomic E-state index is 4.92. The van der Waals surface area contributed by atoms with Gasteiger partial charge in [0.05, 0.1) is 11.0 Å². The highest BCUT2D eigenvalue weighted by molar-refractivity contribution is 7.09. The molecular formula is C22H32N8S. The number of hydrogen-bond acceptors (Lipinski definition) is 6. The zero-order valence-electron chi connectivity index (χ0n) is 18.7. The second-order valence-corrected chi connectivity index (χ2v) is 8.44. The number of aryl methyl sites for hydroxylation is 3. The standard InChI is InChI=1S/C22H32N8S/c1-4-20-26-22(31-27-20)29-15-13-28(14-16-29)21(23-5-2)24-11-8-12-30-17(3)25-18-9-6-7-10-19(18)30/h6-7,9-10H,4-5,8,11-16H2,1-3H3,(H,23,24). The summed E-state index contributed by atoms with van der Waals surface area (Å²) in [7, 11) is 0. The fourth-order valence-electron chi connectivity index (χ4n) is 3.94. The molecule has 0 spiro atoms. The van der Waals surface area contributed by atoms with E-state index in [2.05, 4.69) is 73.0 Å². The van der Waals surface area contributed by atoms with E-state index in [4.69, 9.17) is 4.99 Å². The maximum absolute atomic E-state index is 4.92. The van der Waals surface area contributed by atoms with Gasteiger partial charge in [0.15, 0.2) is 5.96 Å². The number of imidazole rings is 1. The summed E-state index contributed by atoms with van der Waals surface area (Å²) in [6.07, 6.45) is 1.88. The van der Waals surface area contributed by atoms with Crippen LogP contribution in [0.1, 0.15) is 31.9 Å². The number of aromatic nitrogens is 4. The first-order chi connectivity index (χ1) is 15.2. The molecule has 0 radical (unpaired) electrons. The number of rotatable bonds is 7. The number of anilines is 1. The number of fused-ring (bicyclic) bond motifs is 1. The first-order valence-corrected chi connectivity index (χ1v) is 12.0. The van der Waals surface area contributed by atoms with Gasteiger partial charge in [-0.25, -0.2) is 9.97 Å². The molecule has 166 valence electrons. The van der Waals surface area contributed by atoms with E-state index in [-0.39, 0.29) is 0 Å². The minimum absolute atomic E-state index is 0.796. The highest BCUT2D eigenvalue weighted by Gasteiger charge is 2.22. The molecule has 1 N–H and O–H groups in total. The van der Waals surface area contributed by atoms with E-state index in [1.54, 1.807) is 0 Å². The van der Waals surface area contributed by atoms with Crippen molar-refractivity contribution in [3.8, 4) is 0 Å². The second kappa shape index (κ2) is 10.1. The van der Waals surface area contributed by atoms with Crippen LogP contribution in [0.2, 0.25) is 0 Å². The van der Waals surface area contributed by atoms with Gasteiger partial charge in [-0.1, -0.05) is 19.1 Å². The van der Waals surface area contributed by atoms with Crippen molar-refractivity contribution in [2.75, 3.05) is 44.2 Å². The zero-order valence-corrected chi connectivity index (χ0v) is 19.5. The normalized spacial score (nSPS) is 15.1. The molecule has 1 aromatic carbocycles. The molecule has 1 fully saturated rings. The number of piperazine rings is 1. The minimum Gasteiger partial charge on any atom is -0.357 e. The lowest BCUT2D eigenvalue weighted by Gasteiger charge is -2.36. The molecule has 2 aromatic heterocycles. The Morgan fingerprint density at radius 1 is 1.13 bits per heavy atom. The van der Waals surface area contributed by atoms with Gasteiger partial charge in [0.1, 0.15) is 11.6 Å². The quantitative estimate of drug-likeness (QED) is 0.346. The first-order valence-electron chi connectivity index (χ1n) is 11.2. The number of nitrogens with one attached hydrogen (secondary N) is 1. The minimum atomic E-state index is 0.796. The molecule has 0 amide bonds. The molecule has 31 heavy (non-hydrogen) atoms. The van der Waals surface area contributed by atoms with Gasteiger partial charge in [0, 0.05) is 63.8 Å². The number of hydrogen-bond donors (Lipinski definition) is 1. The number of guanidine groups is 1. The summed E-state index contributed by atoms with van der Waals surface area (Å²) in [6, 6.07) is 8.33. The predicted octanol–water partition coefficient (Wildman–Crippen LogP) is 2.94. The summed E-state index contributed by atoms with van der Waals surface area (Å²) in [5, 5.41) is 4.51. The Hall–Kier alpha value is -2.68. The lowest BCUT2D eigenvalue weighted by Crippen LogP contribution is -2.52. The van der Waals surface area contributed by atoms with Crippen molar-refractivity contribution in [3.05, 3.63) is 35.9 Å². The Labute approximate surface area is 188 Å². The molecule has 0 unspecified atom stereocenters. The highest BCUT2D eigenvalue weighted by Crippen LogP contribution is 2.19. The topological polar surface area (TPSA) is 74.5 Å². The van der Waals surface area contributed by atoms with E-state index in [0.29, 0.717) is 0 Å². The number of aliphatic imine (C=N–C) groups is 1. The molecule has 0 saturated carbocycles. The second-order valence-electron chi connectivity index (χ2n) is 7.71. The lowest BCUT2D eigenvalue weighted by atomic mass is 10.3. The largest absolute Gasteiger partial charge is 0.357 e. The van der Waals surface area contributed by atoms with Gasteiger partial charge in [-0.05, 0) is 32.4 Å². The lowest BCUT2D eigenvalue weighted by molar-refractivity contribution is 0.372. The smallest absolute Gasteiger partial charge is 0.205 e. The molecule has 9 heteroatoms. The van der Waals surface area contributed by atoms with Crippen LogP contribution in [0.4, 0.5) is 5.13 Å². The van der Waals surface area contributed by atoms with E-state index in [1.165, 1.54) is 17.0 Å². The van der Waals surface area contributed by atoms with Gasteiger partial charge >= 0.3 is 0 Å². The summed E-state index contributed by atoms with van der Waals surface area (Å²) >= 11 is 1.51. The average Bonchev–Trinajstić information content (AvgIpc) is 3.40. The van der Waals surface area contributed by atoms with Crippen LogP contribution < -0.4 is 10.2 Å². The summed E-state index contributed by atoms with van der Waals surface area (Å²) in [6.45, 7) is 12.7. The fourth-order valence-corrected chi connectivity index (χ4v) is 4.75. The average molecular weight is 441 g/mol. The van der Waals surface area contributed by atoms with E-state index >= 15 is 0 Å². The molecule has 0 aliphatic carbocycles. The molecule has 8 nitrogen and oxygen atoms in total. The van der Waals surface area contributed by atoms with Crippen LogP contribution in [0.3, 0.4) is 0 Å². The van der Waals surface area contributed by atoms with Gasteiger partial charge in [0.25, 0.3) is 0 Å². The molecule has 0 atom stereocenters. The molecule has 0 bridgehead atoms. The third-order valence-electron chi connectivity index (χ3n) is 5.61. The molecular weight excluding hydrogens is 408 g/mol. The predicted molar refractivity (Wildman–Crippen MR) is 128 cm³/mol. The summed E-state index contributed by atoms with van der Waals surface area (Å²) in [4.78, 5) is 18.9. The van der Waals surface area contributed by atoms with Crippen molar-refractivity contribution in [2.24, 2.45) is 4.99 Å². The van der Waals surface area contributed by atoms with Crippen LogP contribution in [-0.2, 0) is 13.0 Å². The third-order valence-corrected chi connectivity index (χ3v) is 6.42. The van der Waals surface area contributed by atoms with Crippen molar-refractivity contribution in [1.82, 2.24) is 29.1 Å². The highest BCUT2D eigenvalue weighted by atomic mass is 32.1. The maximum Gasteiger partial charge on any atom is 0.205 e.